The monoisotopic (exact) mass is 209 g/mol. The lowest BCUT2D eigenvalue weighted by molar-refractivity contribution is -0.849. The fourth-order valence-corrected chi connectivity index (χ4v) is 0.733. The zero-order valence-corrected chi connectivity index (χ0v) is 9.33. The van der Waals surface area contributed by atoms with Crippen molar-refractivity contribution in [1.82, 2.24) is 19.9 Å². The molecule has 6 nitrogen and oxygen atoms in total. The molecule has 2 aromatic heterocycles. The first-order chi connectivity index (χ1) is 6.88. The molecule has 0 spiro atoms. The zero-order chi connectivity index (χ0) is 11.5. The maximum absolute atomic E-state index is 10.8. The number of H-pyrrole nitrogens is 2. The van der Waals surface area contributed by atoms with E-state index in [1.165, 1.54) is 6.33 Å². The van der Waals surface area contributed by atoms with E-state index in [1.807, 2.05) is 0 Å². The van der Waals surface area contributed by atoms with Crippen LogP contribution in [0.1, 0.15) is 0 Å². The summed E-state index contributed by atoms with van der Waals surface area (Å²) < 4.78 is 1.00. The summed E-state index contributed by atoms with van der Waals surface area (Å²) in [6.07, 6.45) is 3.74. The molecule has 0 radical (unpaired) electrons. The second kappa shape index (κ2) is 4.22. The van der Waals surface area contributed by atoms with Gasteiger partial charge in [-0.1, -0.05) is 0 Å². The molecule has 0 saturated carbocycles. The number of rotatable bonds is 0. The van der Waals surface area contributed by atoms with Gasteiger partial charge < -0.3 is 24.2 Å². The summed E-state index contributed by atoms with van der Waals surface area (Å²) in [7, 11) is 8.50. The Kier molecular flexibility index (Phi) is 3.21. The fraction of sp³-hybridized carbons (Fsp3) is 0.444. The number of aromatic amines is 2. The Morgan fingerprint density at radius 3 is 2.47 bits per heavy atom. The van der Waals surface area contributed by atoms with Gasteiger partial charge in [-0.05, 0) is 0 Å². The van der Waals surface area contributed by atoms with Crippen molar-refractivity contribution in [3.63, 3.8) is 0 Å². The van der Waals surface area contributed by atoms with Crippen molar-refractivity contribution in [2.45, 2.75) is 0 Å². The summed E-state index contributed by atoms with van der Waals surface area (Å²) in [5, 5.41) is 0. The largest absolute Gasteiger partial charge is 0.419 e. The van der Waals surface area contributed by atoms with Gasteiger partial charge in [0, 0.05) is 11.8 Å². The molecule has 0 amide bonds. The number of nitrogens with one attached hydrogen (secondary N) is 2. The van der Waals surface area contributed by atoms with Crippen LogP contribution in [0, 0.1) is 6.33 Å². The quantitative estimate of drug-likeness (QED) is 0.465. The molecule has 2 rings (SSSR count). The summed E-state index contributed by atoms with van der Waals surface area (Å²) in [5.74, 6) is 0. The van der Waals surface area contributed by atoms with Crippen LogP contribution in [0.2, 0.25) is 0 Å². The Balaban J connectivity index is 0.000000195. The topological polar surface area (TPSA) is 74.4 Å². The van der Waals surface area contributed by atoms with E-state index in [1.54, 1.807) is 0 Å². The molecule has 0 fully saturated rings. The van der Waals surface area contributed by atoms with E-state index in [9.17, 15) is 4.79 Å². The lowest BCUT2D eigenvalue weighted by atomic mass is 10.6. The van der Waals surface area contributed by atoms with Crippen LogP contribution in [-0.4, -0.2) is 52.6 Å². The summed E-state index contributed by atoms with van der Waals surface area (Å²) in [4.78, 5) is 23.2. The maximum atomic E-state index is 10.8. The van der Waals surface area contributed by atoms with Crippen LogP contribution in [0.25, 0.3) is 11.2 Å². The van der Waals surface area contributed by atoms with Crippen LogP contribution in [0.3, 0.4) is 0 Å². The highest BCUT2D eigenvalue weighted by Crippen LogP contribution is 1.93. The molecule has 2 heterocycles. The van der Waals surface area contributed by atoms with Gasteiger partial charge in [-0.2, -0.15) is 0 Å². The first-order valence-electron chi connectivity index (χ1n) is 4.46. The van der Waals surface area contributed by atoms with Gasteiger partial charge in [-0.15, -0.1) is 0 Å². The normalized spacial score (nSPS) is 10.9. The van der Waals surface area contributed by atoms with E-state index in [2.05, 4.69) is 54.5 Å². The minimum Gasteiger partial charge on any atom is -0.419 e. The van der Waals surface area contributed by atoms with Crippen LogP contribution in [0.5, 0.6) is 0 Å². The smallest absolute Gasteiger partial charge is 0.161 e. The van der Waals surface area contributed by atoms with E-state index >= 15 is 0 Å². The molecule has 0 aromatic carbocycles. The van der Waals surface area contributed by atoms with Gasteiger partial charge >= 0.3 is 0 Å². The summed E-state index contributed by atoms with van der Waals surface area (Å²) in [6.45, 7) is 0. The summed E-state index contributed by atoms with van der Waals surface area (Å²) in [5.41, 5.74) is 0.532. The second-order valence-electron chi connectivity index (χ2n) is 4.46. The average molecular weight is 209 g/mol. The molecule has 2 aromatic rings. The average Bonchev–Trinajstić information content (AvgIpc) is 2.49. The molecule has 2 N–H and O–H groups in total. The summed E-state index contributed by atoms with van der Waals surface area (Å²) >= 11 is 0. The van der Waals surface area contributed by atoms with Gasteiger partial charge in [0.2, 0.25) is 0 Å². The number of imidazole rings is 1. The van der Waals surface area contributed by atoms with Crippen molar-refractivity contribution >= 4 is 11.2 Å². The van der Waals surface area contributed by atoms with Crippen LogP contribution in [0.4, 0.5) is 0 Å². The molecule has 0 aliphatic rings. The SMILES string of the molecule is C[N+](C)(C)C.O=c1[nH][c-]nc2nc[nH]c12. The number of quaternary nitrogens is 1. The van der Waals surface area contributed by atoms with Crippen molar-refractivity contribution in [1.29, 1.82) is 0 Å². The predicted molar refractivity (Wildman–Crippen MR) is 57.3 cm³/mol. The van der Waals surface area contributed by atoms with Crippen molar-refractivity contribution in [2.75, 3.05) is 28.2 Å². The molecule has 82 valence electrons. The molecule has 0 saturated heterocycles. The Morgan fingerprint density at radius 1 is 1.33 bits per heavy atom. The number of hydrogen-bond acceptors (Lipinski definition) is 3. The second-order valence-corrected chi connectivity index (χ2v) is 4.46. The van der Waals surface area contributed by atoms with E-state index in [0.717, 1.165) is 4.48 Å². The van der Waals surface area contributed by atoms with Crippen molar-refractivity contribution < 1.29 is 4.48 Å². The van der Waals surface area contributed by atoms with Crippen LogP contribution in [-0.2, 0) is 0 Å². The van der Waals surface area contributed by atoms with Crippen LogP contribution >= 0.6 is 0 Å². The lowest BCUT2D eigenvalue weighted by Crippen LogP contribution is -2.27. The number of fused-ring (bicyclic) bond motifs is 1. The molecule has 6 heteroatoms. The minimum atomic E-state index is -0.248. The molecular weight excluding hydrogens is 194 g/mol. The van der Waals surface area contributed by atoms with Gasteiger partial charge in [0.1, 0.15) is 0 Å². The molecule has 15 heavy (non-hydrogen) atoms. The van der Waals surface area contributed by atoms with E-state index in [4.69, 9.17) is 0 Å². The van der Waals surface area contributed by atoms with Gasteiger partial charge in [0.05, 0.1) is 40.2 Å². The molecule has 0 aliphatic heterocycles. The molecular formula is C9H15N5O. The molecule has 0 bridgehead atoms. The molecule has 0 atom stereocenters. The first kappa shape index (κ1) is 11.4. The Bertz CT molecular complexity index is 473. The van der Waals surface area contributed by atoms with Gasteiger partial charge in [0.15, 0.2) is 5.56 Å². The third-order valence-electron chi connectivity index (χ3n) is 1.18. The van der Waals surface area contributed by atoms with Crippen molar-refractivity contribution in [3.8, 4) is 0 Å². The van der Waals surface area contributed by atoms with Crippen molar-refractivity contribution in [2.24, 2.45) is 0 Å². The third kappa shape index (κ3) is 3.90. The highest BCUT2D eigenvalue weighted by Gasteiger charge is 1.88. The van der Waals surface area contributed by atoms with Crippen LogP contribution in [0.15, 0.2) is 11.1 Å². The highest BCUT2D eigenvalue weighted by atomic mass is 16.1. The van der Waals surface area contributed by atoms with E-state index in [0.29, 0.717) is 11.2 Å². The predicted octanol–water partition coefficient (Wildman–Crippen LogP) is -0.231. The number of nitrogens with zero attached hydrogens (tertiary/aromatic N) is 3. The zero-order valence-electron chi connectivity index (χ0n) is 9.33. The van der Waals surface area contributed by atoms with E-state index < -0.39 is 0 Å². The Hall–Kier alpha value is -1.69. The maximum Gasteiger partial charge on any atom is 0.161 e. The van der Waals surface area contributed by atoms with Gasteiger partial charge in [-0.3, -0.25) is 4.98 Å². The summed E-state index contributed by atoms with van der Waals surface area (Å²) in [6, 6.07) is 0. The Labute approximate surface area is 87.6 Å². The van der Waals surface area contributed by atoms with Gasteiger partial charge in [0.25, 0.3) is 0 Å². The molecule has 0 unspecified atom stereocenters. The third-order valence-corrected chi connectivity index (χ3v) is 1.18. The van der Waals surface area contributed by atoms with Crippen molar-refractivity contribution in [3.05, 3.63) is 23.0 Å². The van der Waals surface area contributed by atoms with Crippen LogP contribution < -0.4 is 5.56 Å². The molecule has 0 aliphatic carbocycles. The number of aromatic nitrogens is 4. The first-order valence-corrected chi connectivity index (χ1v) is 4.46. The standard InChI is InChI=1S/C5H3N4O.C4H12N/c10-5-3-4(7-1-6-3)8-2-9-5;1-5(2,3)4/h1H,(H2,6,7,8,9,10);1-4H3/q-1;+1. The Morgan fingerprint density at radius 2 is 1.93 bits per heavy atom. The van der Waals surface area contributed by atoms with Gasteiger partial charge in [-0.25, -0.2) is 0 Å². The fourth-order valence-electron chi connectivity index (χ4n) is 0.733. The lowest BCUT2D eigenvalue weighted by Gasteiger charge is -2.14. The number of hydrogen-bond donors (Lipinski definition) is 2. The highest BCUT2D eigenvalue weighted by molar-refractivity contribution is 5.67. The van der Waals surface area contributed by atoms with E-state index in [-0.39, 0.29) is 5.56 Å². The minimum absolute atomic E-state index is 0.248.